The van der Waals surface area contributed by atoms with Gasteiger partial charge in [0.2, 0.25) is 0 Å². The van der Waals surface area contributed by atoms with Gasteiger partial charge in [-0.05, 0) is 28.1 Å². The van der Waals surface area contributed by atoms with Crippen LogP contribution in [0, 0.1) is 6.20 Å². The zero-order valence-electron chi connectivity index (χ0n) is 6.41. The molecule has 2 heterocycles. The maximum atomic E-state index is 5.66. The summed E-state index contributed by atoms with van der Waals surface area (Å²) < 4.78 is 2.35. The van der Waals surface area contributed by atoms with Gasteiger partial charge < -0.3 is 0 Å². The van der Waals surface area contributed by atoms with E-state index in [-0.39, 0.29) is 0 Å². The molecule has 0 N–H and O–H groups in total. The van der Waals surface area contributed by atoms with E-state index in [0.29, 0.717) is 11.0 Å². The minimum Gasteiger partial charge on any atom is -0.236 e. The number of hydrogen-bond donors (Lipinski definition) is 0. The Bertz CT molecular complexity index is 427. The van der Waals surface area contributed by atoms with Crippen molar-refractivity contribution >= 4 is 27.5 Å². The van der Waals surface area contributed by atoms with Crippen molar-refractivity contribution in [1.82, 2.24) is 14.8 Å². The Labute approximate surface area is 88.5 Å². The average Bonchev–Trinajstić information content (AvgIpc) is 2.53. The summed E-state index contributed by atoms with van der Waals surface area (Å²) in [6.07, 6.45) is 4.53. The van der Waals surface area contributed by atoms with Crippen LogP contribution < -0.4 is 0 Å². The second-order valence-electron chi connectivity index (χ2n) is 2.32. The first-order valence-corrected chi connectivity index (χ1v) is 4.68. The molecule has 0 unspecified atom stereocenters. The lowest BCUT2D eigenvalue weighted by Gasteiger charge is -2.00. The fourth-order valence-corrected chi connectivity index (χ4v) is 1.46. The molecular weight excluding hydrogens is 253 g/mol. The van der Waals surface area contributed by atoms with Crippen LogP contribution in [0.15, 0.2) is 28.9 Å². The normalized spacial score (nSPS) is 10.3. The van der Waals surface area contributed by atoms with Crippen LogP contribution in [0.2, 0.25) is 5.15 Å². The molecule has 2 aromatic heterocycles. The Morgan fingerprint density at radius 3 is 3.00 bits per heavy atom. The first-order chi connectivity index (χ1) is 6.27. The predicted molar refractivity (Wildman–Crippen MR) is 52.9 cm³/mol. The van der Waals surface area contributed by atoms with Gasteiger partial charge in [0.25, 0.3) is 0 Å². The second-order valence-corrected chi connectivity index (χ2v) is 3.56. The summed E-state index contributed by atoms with van der Waals surface area (Å²) in [4.78, 5) is 4.13. The predicted octanol–water partition coefficient (Wildman–Crippen LogP) is 2.48. The number of aromatic nitrogens is 3. The molecule has 5 heteroatoms. The van der Waals surface area contributed by atoms with Crippen molar-refractivity contribution < 1.29 is 0 Å². The van der Waals surface area contributed by atoms with Crippen LogP contribution in [0.3, 0.4) is 0 Å². The lowest BCUT2D eigenvalue weighted by Crippen LogP contribution is -1.98. The molecule has 1 radical (unpaired) electrons. The van der Waals surface area contributed by atoms with E-state index in [1.54, 1.807) is 12.3 Å². The van der Waals surface area contributed by atoms with Crippen molar-refractivity contribution in [2.24, 2.45) is 0 Å². The Hall–Kier alpha value is -0.870. The molecule has 0 aliphatic carbocycles. The molecule has 0 spiro atoms. The molecule has 0 aliphatic rings. The first kappa shape index (κ1) is 8.72. The quantitative estimate of drug-likeness (QED) is 0.786. The Kier molecular flexibility index (Phi) is 2.33. The van der Waals surface area contributed by atoms with Gasteiger partial charge in [0.15, 0.2) is 11.0 Å². The van der Waals surface area contributed by atoms with E-state index in [0.717, 1.165) is 4.47 Å². The lowest BCUT2D eigenvalue weighted by atomic mass is 10.5. The third kappa shape index (κ3) is 1.73. The summed E-state index contributed by atoms with van der Waals surface area (Å²) in [5, 5.41) is 4.38. The molecule has 0 fully saturated rings. The van der Waals surface area contributed by atoms with Gasteiger partial charge in [-0.25, -0.2) is 9.67 Å². The molecule has 13 heavy (non-hydrogen) atoms. The fraction of sp³-hybridized carbons (Fsp3) is 0. The summed E-state index contributed by atoms with van der Waals surface area (Å²) in [5.41, 5.74) is 0. The Morgan fingerprint density at radius 2 is 2.38 bits per heavy atom. The molecule has 65 valence electrons. The van der Waals surface area contributed by atoms with Crippen molar-refractivity contribution in [1.29, 1.82) is 0 Å². The van der Waals surface area contributed by atoms with Gasteiger partial charge in [-0.1, -0.05) is 11.6 Å². The van der Waals surface area contributed by atoms with Crippen molar-refractivity contribution in [3.8, 4) is 5.82 Å². The number of hydrogen-bond acceptors (Lipinski definition) is 2. The zero-order valence-corrected chi connectivity index (χ0v) is 8.75. The number of nitrogens with zero attached hydrogens (tertiary/aromatic N) is 3. The SMILES string of the molecule is Clc1c[c]n(-c2ncccc2Br)n1. The molecule has 0 saturated carbocycles. The molecule has 3 nitrogen and oxygen atoms in total. The van der Waals surface area contributed by atoms with E-state index in [1.807, 2.05) is 12.1 Å². The topological polar surface area (TPSA) is 30.7 Å². The van der Waals surface area contributed by atoms with E-state index in [4.69, 9.17) is 11.6 Å². The van der Waals surface area contributed by atoms with Crippen molar-refractivity contribution in [2.75, 3.05) is 0 Å². The standard InChI is InChI=1S/C8H4BrClN3/c9-6-2-1-4-11-8(6)13-5-3-7(10)12-13/h1-4H. The third-order valence-corrected chi connectivity index (χ3v) is 2.24. The van der Waals surface area contributed by atoms with Crippen molar-refractivity contribution in [2.45, 2.75) is 0 Å². The highest BCUT2D eigenvalue weighted by molar-refractivity contribution is 9.10. The molecule has 0 saturated heterocycles. The summed E-state index contributed by atoms with van der Waals surface area (Å²) in [6, 6.07) is 5.30. The maximum Gasteiger partial charge on any atom is 0.168 e. The molecular formula is C8H4BrClN3. The monoisotopic (exact) mass is 256 g/mol. The zero-order chi connectivity index (χ0) is 9.26. The summed E-state index contributed by atoms with van der Waals surface area (Å²) >= 11 is 9.01. The molecule has 2 rings (SSSR count). The summed E-state index contributed by atoms with van der Waals surface area (Å²) in [6.45, 7) is 0. The van der Waals surface area contributed by atoms with Crippen LogP contribution in [0.4, 0.5) is 0 Å². The summed E-state index contributed by atoms with van der Waals surface area (Å²) in [5.74, 6) is 0.675. The molecule has 0 aromatic carbocycles. The largest absolute Gasteiger partial charge is 0.236 e. The van der Waals surface area contributed by atoms with E-state index in [1.165, 1.54) is 4.68 Å². The minimum atomic E-state index is 0.401. The van der Waals surface area contributed by atoms with Gasteiger partial charge in [0.05, 0.1) is 10.7 Å². The maximum absolute atomic E-state index is 5.66. The first-order valence-electron chi connectivity index (χ1n) is 3.51. The van der Waals surface area contributed by atoms with Gasteiger partial charge in [-0.3, -0.25) is 0 Å². The van der Waals surface area contributed by atoms with Crippen LogP contribution in [0.5, 0.6) is 0 Å². The molecule has 2 aromatic rings. The van der Waals surface area contributed by atoms with E-state index in [2.05, 4.69) is 32.2 Å². The fourth-order valence-electron chi connectivity index (χ4n) is 0.909. The van der Waals surface area contributed by atoms with Gasteiger partial charge >= 0.3 is 0 Å². The highest BCUT2D eigenvalue weighted by Gasteiger charge is 2.04. The smallest absolute Gasteiger partial charge is 0.168 e. The molecule has 0 amide bonds. The molecule has 0 bridgehead atoms. The summed E-state index contributed by atoms with van der Waals surface area (Å²) in [7, 11) is 0. The van der Waals surface area contributed by atoms with Gasteiger partial charge in [0, 0.05) is 12.3 Å². The average molecular weight is 257 g/mol. The van der Waals surface area contributed by atoms with Crippen LogP contribution in [-0.2, 0) is 0 Å². The Morgan fingerprint density at radius 1 is 1.54 bits per heavy atom. The van der Waals surface area contributed by atoms with Crippen molar-refractivity contribution in [3.05, 3.63) is 40.2 Å². The van der Waals surface area contributed by atoms with E-state index < -0.39 is 0 Å². The second kappa shape index (κ2) is 3.47. The van der Waals surface area contributed by atoms with Crippen LogP contribution >= 0.6 is 27.5 Å². The van der Waals surface area contributed by atoms with Gasteiger partial charge in [0.1, 0.15) is 0 Å². The van der Waals surface area contributed by atoms with E-state index >= 15 is 0 Å². The lowest BCUT2D eigenvalue weighted by molar-refractivity contribution is 0.836. The highest BCUT2D eigenvalue weighted by atomic mass is 79.9. The van der Waals surface area contributed by atoms with Crippen LogP contribution in [0.25, 0.3) is 5.82 Å². The van der Waals surface area contributed by atoms with Crippen LogP contribution in [-0.4, -0.2) is 14.8 Å². The highest BCUT2D eigenvalue weighted by Crippen LogP contribution is 2.17. The number of rotatable bonds is 1. The number of halogens is 2. The molecule has 0 aliphatic heterocycles. The minimum absolute atomic E-state index is 0.401. The number of pyridine rings is 1. The molecule has 0 atom stereocenters. The van der Waals surface area contributed by atoms with Crippen molar-refractivity contribution in [3.63, 3.8) is 0 Å². The third-order valence-electron chi connectivity index (χ3n) is 1.44. The van der Waals surface area contributed by atoms with Crippen LogP contribution in [0.1, 0.15) is 0 Å². The van der Waals surface area contributed by atoms with E-state index in [9.17, 15) is 0 Å². The van der Waals surface area contributed by atoms with Gasteiger partial charge in [-0.15, -0.1) is 0 Å². The van der Waals surface area contributed by atoms with Gasteiger partial charge in [-0.2, -0.15) is 5.10 Å². The Balaban J connectivity index is 2.52.